The molecule has 11 nitrogen and oxygen atoms in total. The lowest BCUT2D eigenvalue weighted by Gasteiger charge is -2.27. The zero-order valence-electron chi connectivity index (χ0n) is 17.2. The number of alkyl carbamates (subject to hydrolysis) is 1. The van der Waals surface area contributed by atoms with Crippen LogP contribution >= 0.6 is 54.6 Å². The SMILES string of the molecule is O=C(NCCP(=O)(O)OP(=O)(O)C(Br)(Br)P(=O)(O)O)OCC1c2ccccc2-c2ccccc21. The second kappa shape index (κ2) is 10.3. The zero-order valence-corrected chi connectivity index (χ0v) is 23.0. The molecule has 34 heavy (non-hydrogen) atoms. The van der Waals surface area contributed by atoms with Crippen molar-refractivity contribution >= 4 is 60.7 Å². The largest absolute Gasteiger partial charge is 0.449 e. The van der Waals surface area contributed by atoms with Gasteiger partial charge in [0.1, 0.15) is 6.61 Å². The van der Waals surface area contributed by atoms with Gasteiger partial charge in [0.05, 0.1) is 6.16 Å². The molecular formula is C18H20Br2NO10P3. The quantitative estimate of drug-likeness (QED) is 0.190. The van der Waals surface area contributed by atoms with E-state index in [4.69, 9.17) is 14.5 Å². The predicted octanol–water partition coefficient (Wildman–Crippen LogP) is 4.49. The molecule has 1 aliphatic rings. The monoisotopic (exact) mass is 661 g/mol. The average molecular weight is 663 g/mol. The molecule has 16 heteroatoms. The third-order valence-corrected chi connectivity index (χ3v) is 16.0. The summed E-state index contributed by atoms with van der Waals surface area (Å²) in [6, 6.07) is 15.5. The second-order valence-electron chi connectivity index (χ2n) is 7.27. The van der Waals surface area contributed by atoms with E-state index < -0.39 is 44.3 Å². The van der Waals surface area contributed by atoms with E-state index in [0.29, 0.717) is 0 Å². The van der Waals surface area contributed by atoms with Gasteiger partial charge in [-0.25, -0.2) is 9.11 Å². The van der Waals surface area contributed by atoms with Gasteiger partial charge in [-0.1, -0.05) is 48.5 Å². The Morgan fingerprint density at radius 1 is 0.941 bits per heavy atom. The van der Waals surface area contributed by atoms with Gasteiger partial charge in [0.25, 0.3) is 2.72 Å². The van der Waals surface area contributed by atoms with E-state index in [1.54, 1.807) is 0 Å². The van der Waals surface area contributed by atoms with Gasteiger partial charge in [-0.05, 0) is 54.1 Å². The van der Waals surface area contributed by atoms with Gasteiger partial charge in [-0.15, -0.1) is 0 Å². The Labute approximate surface area is 211 Å². The first kappa shape index (κ1) is 27.7. The van der Waals surface area contributed by atoms with Crippen LogP contribution in [-0.4, -0.2) is 47.7 Å². The molecule has 0 heterocycles. The lowest BCUT2D eigenvalue weighted by Crippen LogP contribution is -2.28. The molecule has 0 saturated carbocycles. The van der Waals surface area contributed by atoms with E-state index in [-0.39, 0.29) is 12.5 Å². The number of fused-ring (bicyclic) bond motifs is 3. The first-order chi connectivity index (χ1) is 15.7. The molecule has 2 unspecified atom stereocenters. The summed E-state index contributed by atoms with van der Waals surface area (Å²) in [6.45, 7) is -0.463. The van der Waals surface area contributed by atoms with Crippen molar-refractivity contribution in [2.24, 2.45) is 0 Å². The Kier molecular flexibility index (Phi) is 8.37. The molecule has 3 rings (SSSR count). The van der Waals surface area contributed by atoms with E-state index in [9.17, 15) is 28.3 Å². The van der Waals surface area contributed by atoms with Crippen molar-refractivity contribution in [2.75, 3.05) is 19.3 Å². The molecule has 0 spiro atoms. The number of halogens is 2. The molecule has 5 N–H and O–H groups in total. The standard InChI is InChI=1S/C18H20Br2NO10P3/c19-18(20,33(25,26)27)34(28,29)31-32(23,24)10-9-21-17(22)30-11-16-14-7-3-1-5-12(14)13-6-2-4-8-15(13)16/h1-8,16H,9-11H2,(H,21,22)(H,23,24)(H,28,29)(H2,25,26,27). The Balaban J connectivity index is 1.55. The smallest absolute Gasteiger partial charge is 0.407 e. The van der Waals surface area contributed by atoms with E-state index in [0.717, 1.165) is 22.3 Å². The van der Waals surface area contributed by atoms with Crippen molar-refractivity contribution in [3.05, 3.63) is 59.7 Å². The molecule has 0 aliphatic heterocycles. The molecule has 0 aromatic heterocycles. The number of hydrogen-bond acceptors (Lipinski definition) is 6. The normalized spacial score (nSPS) is 17.2. The van der Waals surface area contributed by atoms with Gasteiger partial charge < -0.3 is 29.6 Å². The van der Waals surface area contributed by atoms with Crippen LogP contribution < -0.4 is 5.32 Å². The van der Waals surface area contributed by atoms with Crippen LogP contribution in [0.3, 0.4) is 0 Å². The first-order valence-corrected chi connectivity index (χ1v) is 16.1. The maximum absolute atomic E-state index is 12.1. The minimum absolute atomic E-state index is 0.0109. The van der Waals surface area contributed by atoms with Crippen molar-refractivity contribution in [2.45, 2.75) is 8.63 Å². The van der Waals surface area contributed by atoms with Crippen molar-refractivity contribution in [1.29, 1.82) is 0 Å². The number of rotatable bonds is 9. The highest BCUT2D eigenvalue weighted by molar-refractivity contribution is 9.29. The second-order valence-corrected chi connectivity index (χ2v) is 19.4. The highest BCUT2D eigenvalue weighted by Crippen LogP contribution is 2.81. The number of nitrogens with one attached hydrogen (secondary N) is 1. The number of hydrogen-bond donors (Lipinski definition) is 5. The van der Waals surface area contributed by atoms with E-state index in [1.807, 2.05) is 48.5 Å². The number of carbonyl (C=O) groups is 1. The number of alkyl halides is 2. The summed E-state index contributed by atoms with van der Waals surface area (Å²) in [5, 5.41) is 2.24. The first-order valence-electron chi connectivity index (χ1n) is 9.55. The summed E-state index contributed by atoms with van der Waals surface area (Å²) in [4.78, 5) is 50.1. The number of carbonyl (C=O) groups excluding carboxylic acids is 1. The molecule has 2 aromatic rings. The van der Waals surface area contributed by atoms with Gasteiger partial charge in [-0.3, -0.25) is 13.7 Å². The maximum Gasteiger partial charge on any atom is 0.407 e. The van der Waals surface area contributed by atoms with Crippen molar-refractivity contribution in [1.82, 2.24) is 5.32 Å². The molecule has 1 amide bonds. The van der Waals surface area contributed by atoms with Crippen LogP contribution in [0.5, 0.6) is 0 Å². The summed E-state index contributed by atoms with van der Waals surface area (Å²) in [7, 11) is -15.5. The molecule has 0 radical (unpaired) electrons. The van der Waals surface area contributed by atoms with Crippen molar-refractivity contribution in [3.63, 3.8) is 0 Å². The molecular weight excluding hydrogens is 643 g/mol. The maximum atomic E-state index is 12.1. The molecule has 0 fully saturated rings. The van der Waals surface area contributed by atoms with Gasteiger partial charge in [0.15, 0.2) is 0 Å². The zero-order chi connectivity index (χ0) is 25.4. The molecule has 2 aromatic carbocycles. The van der Waals surface area contributed by atoms with E-state index >= 15 is 0 Å². The highest BCUT2D eigenvalue weighted by atomic mass is 79.9. The average Bonchev–Trinajstić information content (AvgIpc) is 3.04. The number of benzene rings is 2. The van der Waals surface area contributed by atoms with Crippen LogP contribution in [-0.2, 0) is 22.7 Å². The van der Waals surface area contributed by atoms with Crippen molar-refractivity contribution in [3.8, 4) is 11.1 Å². The third kappa shape index (κ3) is 5.93. The summed E-state index contributed by atoms with van der Waals surface area (Å²) in [5.74, 6) is -0.190. The summed E-state index contributed by atoms with van der Waals surface area (Å²) in [5.41, 5.74) is 4.09. The Morgan fingerprint density at radius 2 is 1.44 bits per heavy atom. The number of ether oxygens (including phenoxy) is 1. The van der Waals surface area contributed by atoms with Gasteiger partial charge in [0.2, 0.25) is 0 Å². The molecule has 186 valence electrons. The van der Waals surface area contributed by atoms with Crippen molar-refractivity contribution < 1.29 is 47.1 Å². The van der Waals surface area contributed by atoms with Crippen LogP contribution in [0, 0.1) is 0 Å². The van der Waals surface area contributed by atoms with Crippen LogP contribution in [0.4, 0.5) is 4.79 Å². The fourth-order valence-electron chi connectivity index (χ4n) is 3.38. The van der Waals surface area contributed by atoms with Crippen LogP contribution in [0.25, 0.3) is 11.1 Å². The highest BCUT2D eigenvalue weighted by Gasteiger charge is 2.60. The topological polar surface area (TPSA) is 180 Å². The fourth-order valence-corrected chi connectivity index (χ4v) is 8.68. The van der Waals surface area contributed by atoms with Gasteiger partial charge in [0, 0.05) is 12.5 Å². The summed E-state index contributed by atoms with van der Waals surface area (Å²) < 4.78 is 42.2. The van der Waals surface area contributed by atoms with Crippen LogP contribution in [0.2, 0.25) is 0 Å². The Hall–Kier alpha value is -0.840. The van der Waals surface area contributed by atoms with Crippen LogP contribution in [0.1, 0.15) is 17.0 Å². The lowest BCUT2D eigenvalue weighted by atomic mass is 9.98. The minimum atomic E-state index is -5.38. The van der Waals surface area contributed by atoms with Gasteiger partial charge >= 0.3 is 28.9 Å². The van der Waals surface area contributed by atoms with E-state index in [1.165, 1.54) is 0 Å². The summed E-state index contributed by atoms with van der Waals surface area (Å²) in [6.07, 6.45) is -1.71. The molecule has 1 aliphatic carbocycles. The molecule has 0 bridgehead atoms. The third-order valence-electron chi connectivity index (χ3n) is 4.94. The Morgan fingerprint density at radius 3 is 1.94 bits per heavy atom. The molecule has 2 atom stereocenters. The molecule has 0 saturated heterocycles. The predicted molar refractivity (Wildman–Crippen MR) is 131 cm³/mol. The van der Waals surface area contributed by atoms with Crippen LogP contribution in [0.15, 0.2) is 48.5 Å². The van der Waals surface area contributed by atoms with E-state index in [2.05, 4.69) is 41.5 Å². The summed E-state index contributed by atoms with van der Waals surface area (Å²) >= 11 is 4.67. The minimum Gasteiger partial charge on any atom is -0.449 e. The lowest BCUT2D eigenvalue weighted by molar-refractivity contribution is 0.143. The Bertz CT molecular complexity index is 1190. The number of amides is 1. The fraction of sp³-hybridized carbons (Fsp3) is 0.278. The van der Waals surface area contributed by atoms with Gasteiger partial charge in [-0.2, -0.15) is 0 Å².